The first-order chi connectivity index (χ1) is 9.54. The van der Waals surface area contributed by atoms with Gasteiger partial charge in [-0.15, -0.1) is 0 Å². The zero-order valence-electron chi connectivity index (χ0n) is 12.8. The van der Waals surface area contributed by atoms with Crippen molar-refractivity contribution in [2.75, 3.05) is 6.54 Å². The average Bonchev–Trinajstić information content (AvgIpc) is 2.87. The molecule has 3 heteroatoms. The van der Waals surface area contributed by atoms with E-state index in [9.17, 15) is 4.79 Å². The van der Waals surface area contributed by atoms with Crippen LogP contribution in [0.4, 0.5) is 0 Å². The lowest BCUT2D eigenvalue weighted by molar-refractivity contribution is -0.136. The maximum atomic E-state index is 12.7. The summed E-state index contributed by atoms with van der Waals surface area (Å²) in [4.78, 5) is 14.8. The number of benzene rings is 1. The third-order valence-electron chi connectivity index (χ3n) is 4.49. The fourth-order valence-electron chi connectivity index (χ4n) is 3.19. The summed E-state index contributed by atoms with van der Waals surface area (Å²) in [6, 6.07) is 10.1. The smallest absolute Gasteiger partial charge is 0.227 e. The van der Waals surface area contributed by atoms with E-state index in [1.807, 2.05) is 37.3 Å². The van der Waals surface area contributed by atoms with Crippen LogP contribution in [0.15, 0.2) is 30.3 Å². The molecule has 0 bridgehead atoms. The summed E-state index contributed by atoms with van der Waals surface area (Å²) in [5.74, 6) is 0.637. The lowest BCUT2D eigenvalue weighted by Crippen LogP contribution is -2.42. The second-order valence-corrected chi connectivity index (χ2v) is 6.12. The molecule has 0 radical (unpaired) electrons. The van der Waals surface area contributed by atoms with Gasteiger partial charge in [-0.3, -0.25) is 4.79 Å². The maximum absolute atomic E-state index is 12.7. The number of hydrogen-bond acceptors (Lipinski definition) is 2. The summed E-state index contributed by atoms with van der Waals surface area (Å²) in [7, 11) is 0. The van der Waals surface area contributed by atoms with Crippen LogP contribution in [0.25, 0.3) is 0 Å². The average molecular weight is 274 g/mol. The quantitative estimate of drug-likeness (QED) is 0.917. The maximum Gasteiger partial charge on any atom is 0.227 e. The minimum Gasteiger partial charge on any atom is -0.339 e. The highest BCUT2D eigenvalue weighted by Crippen LogP contribution is 2.29. The molecule has 2 rings (SSSR count). The predicted octanol–water partition coefficient (Wildman–Crippen LogP) is 2.97. The van der Waals surface area contributed by atoms with Crippen molar-refractivity contribution in [1.82, 2.24) is 4.90 Å². The van der Waals surface area contributed by atoms with Crippen LogP contribution in [-0.2, 0) is 4.79 Å². The fourth-order valence-corrected chi connectivity index (χ4v) is 3.19. The summed E-state index contributed by atoms with van der Waals surface area (Å²) in [5.41, 5.74) is 7.32. The van der Waals surface area contributed by atoms with Crippen molar-refractivity contribution >= 4 is 5.91 Å². The molecule has 4 unspecified atom stereocenters. The minimum absolute atomic E-state index is 0.170. The highest BCUT2D eigenvalue weighted by atomic mass is 16.2. The van der Waals surface area contributed by atoms with Crippen LogP contribution in [0, 0.1) is 11.8 Å². The lowest BCUT2D eigenvalue weighted by Gasteiger charge is -2.29. The first-order valence-corrected chi connectivity index (χ1v) is 7.65. The minimum atomic E-state index is -0.225. The van der Waals surface area contributed by atoms with Gasteiger partial charge in [0.1, 0.15) is 0 Å². The van der Waals surface area contributed by atoms with Crippen molar-refractivity contribution in [2.45, 2.75) is 45.7 Å². The van der Waals surface area contributed by atoms with Gasteiger partial charge in [0.05, 0.1) is 5.92 Å². The molecule has 1 heterocycles. The van der Waals surface area contributed by atoms with Gasteiger partial charge in [-0.2, -0.15) is 0 Å². The Bertz CT molecular complexity index is 446. The van der Waals surface area contributed by atoms with Gasteiger partial charge in [0.2, 0.25) is 5.91 Å². The predicted molar refractivity (Wildman–Crippen MR) is 82.1 cm³/mol. The summed E-state index contributed by atoms with van der Waals surface area (Å²) in [6.45, 7) is 7.21. The molecule has 3 nitrogen and oxygen atoms in total. The van der Waals surface area contributed by atoms with Gasteiger partial charge in [-0.1, -0.05) is 51.1 Å². The normalized spacial score (nSPS) is 25.5. The molecule has 0 spiro atoms. The molecule has 1 aliphatic heterocycles. The Labute approximate surface area is 122 Å². The number of nitrogens with two attached hydrogens (primary N) is 1. The second-order valence-electron chi connectivity index (χ2n) is 6.12. The van der Waals surface area contributed by atoms with E-state index < -0.39 is 0 Å². The number of nitrogens with zero attached hydrogens (tertiary/aromatic N) is 1. The largest absolute Gasteiger partial charge is 0.339 e. The summed E-state index contributed by atoms with van der Waals surface area (Å²) in [5, 5.41) is 0. The molecule has 0 aliphatic carbocycles. The highest BCUT2D eigenvalue weighted by molar-refractivity contribution is 5.80. The van der Waals surface area contributed by atoms with E-state index in [1.54, 1.807) is 0 Å². The highest BCUT2D eigenvalue weighted by Gasteiger charge is 2.35. The number of carbonyl (C=O) groups is 1. The molecular weight excluding hydrogens is 248 g/mol. The van der Waals surface area contributed by atoms with E-state index in [1.165, 1.54) is 0 Å². The van der Waals surface area contributed by atoms with E-state index in [2.05, 4.69) is 18.7 Å². The molecule has 1 aromatic rings. The molecular formula is C17H26N2O. The van der Waals surface area contributed by atoms with Crippen LogP contribution in [0.1, 0.15) is 45.2 Å². The van der Waals surface area contributed by atoms with Gasteiger partial charge in [-0.05, 0) is 24.3 Å². The molecule has 1 amide bonds. The number of hydrogen-bond donors (Lipinski definition) is 1. The van der Waals surface area contributed by atoms with Gasteiger partial charge in [-0.25, -0.2) is 0 Å². The van der Waals surface area contributed by atoms with Gasteiger partial charge >= 0.3 is 0 Å². The van der Waals surface area contributed by atoms with Crippen molar-refractivity contribution < 1.29 is 4.79 Å². The van der Waals surface area contributed by atoms with Gasteiger partial charge in [0, 0.05) is 18.6 Å². The van der Waals surface area contributed by atoms with Crippen LogP contribution in [-0.4, -0.2) is 23.4 Å². The van der Waals surface area contributed by atoms with E-state index in [-0.39, 0.29) is 17.9 Å². The van der Waals surface area contributed by atoms with Crippen molar-refractivity contribution in [3.8, 4) is 0 Å². The summed E-state index contributed by atoms with van der Waals surface area (Å²) >= 11 is 0. The van der Waals surface area contributed by atoms with Gasteiger partial charge in [0.25, 0.3) is 0 Å². The summed E-state index contributed by atoms with van der Waals surface area (Å²) in [6.07, 6.45) is 2.15. The van der Waals surface area contributed by atoms with E-state index in [4.69, 9.17) is 5.73 Å². The zero-order valence-corrected chi connectivity index (χ0v) is 12.8. The Morgan fingerprint density at radius 1 is 1.40 bits per heavy atom. The van der Waals surface area contributed by atoms with E-state index >= 15 is 0 Å². The Morgan fingerprint density at radius 2 is 2.05 bits per heavy atom. The second kappa shape index (κ2) is 6.40. The third kappa shape index (κ3) is 3.04. The van der Waals surface area contributed by atoms with Crippen molar-refractivity contribution in [2.24, 2.45) is 17.6 Å². The number of rotatable bonds is 4. The van der Waals surface area contributed by atoms with Crippen LogP contribution in [0.5, 0.6) is 0 Å². The SMILES string of the molecule is CCC1CC(C)CN1C(=O)C(C)C(N)c1ccccc1. The van der Waals surface area contributed by atoms with Crippen LogP contribution >= 0.6 is 0 Å². The molecule has 20 heavy (non-hydrogen) atoms. The number of carbonyl (C=O) groups excluding carboxylic acids is 1. The molecule has 110 valence electrons. The Hall–Kier alpha value is -1.35. The molecule has 2 N–H and O–H groups in total. The third-order valence-corrected chi connectivity index (χ3v) is 4.49. The topological polar surface area (TPSA) is 46.3 Å². The Kier molecular flexibility index (Phi) is 4.81. The van der Waals surface area contributed by atoms with Crippen LogP contribution in [0.2, 0.25) is 0 Å². The first kappa shape index (κ1) is 15.0. The zero-order chi connectivity index (χ0) is 14.7. The van der Waals surface area contributed by atoms with Gasteiger partial charge < -0.3 is 10.6 Å². The molecule has 1 aliphatic rings. The molecule has 4 atom stereocenters. The van der Waals surface area contributed by atoms with Crippen molar-refractivity contribution in [3.05, 3.63) is 35.9 Å². The number of likely N-dealkylation sites (tertiary alicyclic amines) is 1. The first-order valence-electron chi connectivity index (χ1n) is 7.65. The lowest BCUT2D eigenvalue weighted by atomic mass is 9.94. The molecule has 0 aromatic heterocycles. The van der Waals surface area contributed by atoms with Crippen molar-refractivity contribution in [3.63, 3.8) is 0 Å². The fraction of sp³-hybridized carbons (Fsp3) is 0.588. The van der Waals surface area contributed by atoms with E-state index in [0.29, 0.717) is 12.0 Å². The monoisotopic (exact) mass is 274 g/mol. The van der Waals surface area contributed by atoms with E-state index in [0.717, 1.165) is 24.9 Å². The van der Waals surface area contributed by atoms with Crippen LogP contribution < -0.4 is 5.73 Å². The Morgan fingerprint density at radius 3 is 2.65 bits per heavy atom. The standard InChI is InChI=1S/C17H26N2O/c1-4-15-10-12(2)11-19(15)17(20)13(3)16(18)14-8-6-5-7-9-14/h5-9,12-13,15-16H,4,10-11,18H2,1-3H3. The Balaban J connectivity index is 2.08. The molecule has 1 saturated heterocycles. The number of amides is 1. The van der Waals surface area contributed by atoms with Crippen molar-refractivity contribution in [1.29, 1.82) is 0 Å². The summed E-state index contributed by atoms with van der Waals surface area (Å²) < 4.78 is 0. The molecule has 1 fully saturated rings. The molecule has 1 aromatic carbocycles. The van der Waals surface area contributed by atoms with Crippen LogP contribution in [0.3, 0.4) is 0 Å². The molecule has 0 saturated carbocycles. The van der Waals surface area contributed by atoms with Gasteiger partial charge in [0.15, 0.2) is 0 Å².